The molecular weight excluding hydrogens is 260 g/mol. The molecule has 0 aromatic heterocycles. The molecule has 3 nitrogen and oxygen atoms in total. The number of nitrogens with one attached hydrogen (secondary N) is 1. The van der Waals surface area contributed by atoms with E-state index in [-0.39, 0.29) is 12.6 Å². The molecule has 19 heavy (non-hydrogen) atoms. The van der Waals surface area contributed by atoms with Crippen LogP contribution >= 0.6 is 11.6 Å². The van der Waals surface area contributed by atoms with Crippen LogP contribution in [0.3, 0.4) is 0 Å². The molecular formula is C15H23ClN2O. The molecule has 1 aliphatic carbocycles. The van der Waals surface area contributed by atoms with Crippen LogP contribution in [0.2, 0.25) is 5.02 Å². The van der Waals surface area contributed by atoms with Crippen molar-refractivity contribution in [3.8, 4) is 0 Å². The predicted octanol–water partition coefficient (Wildman–Crippen LogP) is 2.97. The average Bonchev–Trinajstić information content (AvgIpc) is 3.20. The minimum atomic E-state index is 0.184. The van der Waals surface area contributed by atoms with Crippen LogP contribution < -0.4 is 10.2 Å². The van der Waals surface area contributed by atoms with Gasteiger partial charge in [0.25, 0.3) is 0 Å². The average molecular weight is 283 g/mol. The summed E-state index contributed by atoms with van der Waals surface area (Å²) in [5.74, 6) is 0. The third kappa shape index (κ3) is 3.62. The van der Waals surface area contributed by atoms with Crippen molar-refractivity contribution in [1.82, 2.24) is 5.32 Å². The molecule has 0 spiro atoms. The van der Waals surface area contributed by atoms with Crippen LogP contribution in [0.15, 0.2) is 18.2 Å². The molecule has 106 valence electrons. The lowest BCUT2D eigenvalue weighted by atomic mass is 10.1. The molecule has 1 aromatic rings. The second-order valence-electron chi connectivity index (χ2n) is 5.13. The fourth-order valence-electron chi connectivity index (χ4n) is 2.48. The van der Waals surface area contributed by atoms with E-state index >= 15 is 0 Å². The molecule has 1 atom stereocenters. The van der Waals surface area contributed by atoms with Crippen molar-refractivity contribution in [3.63, 3.8) is 0 Å². The fourth-order valence-corrected chi connectivity index (χ4v) is 2.82. The lowest BCUT2D eigenvalue weighted by Crippen LogP contribution is -2.29. The first-order chi connectivity index (χ1) is 9.17. The van der Waals surface area contributed by atoms with Crippen LogP contribution in [0, 0.1) is 0 Å². The van der Waals surface area contributed by atoms with Crippen LogP contribution in [-0.4, -0.2) is 30.8 Å². The zero-order chi connectivity index (χ0) is 13.8. The Bertz CT molecular complexity index is 421. The standard InChI is InChI=1S/C15H23ClN2O/c1-3-17-11(2)14-7-6-13(10-15(14)16)18(8-9-19)12-4-5-12/h6-7,10-12,17,19H,3-5,8-9H2,1-2H3. The van der Waals surface area contributed by atoms with Crippen LogP contribution in [0.25, 0.3) is 0 Å². The van der Waals surface area contributed by atoms with Crippen molar-refractivity contribution in [2.75, 3.05) is 24.6 Å². The smallest absolute Gasteiger partial charge is 0.0606 e. The Morgan fingerprint density at radius 1 is 1.47 bits per heavy atom. The Hall–Kier alpha value is -0.770. The normalized spacial score (nSPS) is 16.4. The van der Waals surface area contributed by atoms with Gasteiger partial charge in [0.2, 0.25) is 0 Å². The van der Waals surface area contributed by atoms with Gasteiger partial charge in [-0.05, 0) is 44.0 Å². The van der Waals surface area contributed by atoms with Gasteiger partial charge in [0.1, 0.15) is 0 Å². The number of aliphatic hydroxyl groups is 1. The largest absolute Gasteiger partial charge is 0.395 e. The Balaban J connectivity index is 2.17. The number of anilines is 1. The zero-order valence-corrected chi connectivity index (χ0v) is 12.5. The molecule has 0 saturated heterocycles. The molecule has 1 aromatic carbocycles. The summed E-state index contributed by atoms with van der Waals surface area (Å²) in [6, 6.07) is 7.08. The zero-order valence-electron chi connectivity index (χ0n) is 11.7. The molecule has 1 fully saturated rings. The van der Waals surface area contributed by atoms with Gasteiger partial charge in [0.15, 0.2) is 0 Å². The van der Waals surface area contributed by atoms with Gasteiger partial charge in [0, 0.05) is 29.3 Å². The minimum Gasteiger partial charge on any atom is -0.395 e. The highest BCUT2D eigenvalue weighted by Gasteiger charge is 2.29. The lowest BCUT2D eigenvalue weighted by molar-refractivity contribution is 0.301. The number of hydrogen-bond donors (Lipinski definition) is 2. The number of benzene rings is 1. The van der Waals surface area contributed by atoms with Crippen LogP contribution in [0.1, 0.15) is 38.3 Å². The van der Waals surface area contributed by atoms with Gasteiger partial charge in [-0.2, -0.15) is 0 Å². The molecule has 0 radical (unpaired) electrons. The second kappa shape index (κ2) is 6.60. The van der Waals surface area contributed by atoms with E-state index < -0.39 is 0 Å². The summed E-state index contributed by atoms with van der Waals surface area (Å²) in [5, 5.41) is 13.3. The van der Waals surface area contributed by atoms with E-state index in [9.17, 15) is 5.11 Å². The van der Waals surface area contributed by atoms with Gasteiger partial charge in [0.05, 0.1) is 6.61 Å². The van der Waals surface area contributed by atoms with Crippen molar-refractivity contribution in [2.45, 2.75) is 38.8 Å². The van der Waals surface area contributed by atoms with Crippen LogP contribution in [-0.2, 0) is 0 Å². The summed E-state index contributed by atoms with van der Waals surface area (Å²) in [5.41, 5.74) is 2.25. The van der Waals surface area contributed by atoms with Gasteiger partial charge < -0.3 is 15.3 Å². The summed E-state index contributed by atoms with van der Waals surface area (Å²) >= 11 is 6.40. The van der Waals surface area contributed by atoms with Gasteiger partial charge in [-0.3, -0.25) is 0 Å². The Labute approximate surface area is 120 Å². The van der Waals surface area contributed by atoms with Crippen LogP contribution in [0.5, 0.6) is 0 Å². The van der Waals surface area contributed by atoms with Crippen LogP contribution in [0.4, 0.5) is 5.69 Å². The quantitative estimate of drug-likeness (QED) is 0.807. The maximum absolute atomic E-state index is 9.17. The molecule has 2 N–H and O–H groups in total. The Kier molecular flexibility index (Phi) is 5.08. The highest BCUT2D eigenvalue weighted by Crippen LogP contribution is 2.34. The second-order valence-corrected chi connectivity index (χ2v) is 5.54. The molecule has 0 bridgehead atoms. The summed E-state index contributed by atoms with van der Waals surface area (Å²) < 4.78 is 0. The number of halogens is 1. The van der Waals surface area contributed by atoms with Gasteiger partial charge in [-0.15, -0.1) is 0 Å². The summed E-state index contributed by atoms with van der Waals surface area (Å²) in [6.07, 6.45) is 2.43. The molecule has 1 saturated carbocycles. The van der Waals surface area contributed by atoms with Gasteiger partial charge in [-0.1, -0.05) is 24.6 Å². The van der Waals surface area contributed by atoms with Crippen molar-refractivity contribution < 1.29 is 5.11 Å². The maximum atomic E-state index is 9.17. The first-order valence-electron chi connectivity index (χ1n) is 7.07. The van der Waals surface area contributed by atoms with Crippen molar-refractivity contribution in [1.29, 1.82) is 0 Å². The first-order valence-corrected chi connectivity index (χ1v) is 7.45. The van der Waals surface area contributed by atoms with E-state index in [0.717, 1.165) is 22.8 Å². The third-order valence-corrected chi connectivity index (χ3v) is 3.95. The van der Waals surface area contributed by atoms with E-state index in [0.29, 0.717) is 12.6 Å². The molecule has 4 heteroatoms. The summed E-state index contributed by atoms with van der Waals surface area (Å²) in [6.45, 7) is 6.01. The van der Waals surface area contributed by atoms with Crippen molar-refractivity contribution >= 4 is 17.3 Å². The van der Waals surface area contributed by atoms with Crippen molar-refractivity contribution in [3.05, 3.63) is 28.8 Å². The molecule has 2 rings (SSSR count). The maximum Gasteiger partial charge on any atom is 0.0606 e. The number of aliphatic hydroxyl groups excluding tert-OH is 1. The number of rotatable bonds is 7. The SMILES string of the molecule is CCNC(C)c1ccc(N(CCO)C2CC2)cc1Cl. The number of nitrogens with zero attached hydrogens (tertiary/aromatic N) is 1. The molecule has 0 heterocycles. The molecule has 0 aliphatic heterocycles. The molecule has 1 aliphatic rings. The van der Waals surface area contributed by atoms with E-state index in [1.807, 2.05) is 6.07 Å². The fraction of sp³-hybridized carbons (Fsp3) is 0.600. The minimum absolute atomic E-state index is 0.184. The highest BCUT2D eigenvalue weighted by molar-refractivity contribution is 6.31. The highest BCUT2D eigenvalue weighted by atomic mass is 35.5. The van der Waals surface area contributed by atoms with E-state index in [1.54, 1.807) is 0 Å². The van der Waals surface area contributed by atoms with Gasteiger partial charge >= 0.3 is 0 Å². The van der Waals surface area contributed by atoms with E-state index in [4.69, 9.17) is 11.6 Å². The predicted molar refractivity (Wildman–Crippen MR) is 81.0 cm³/mol. The molecule has 1 unspecified atom stereocenters. The number of hydrogen-bond acceptors (Lipinski definition) is 3. The third-order valence-electron chi connectivity index (χ3n) is 3.62. The lowest BCUT2D eigenvalue weighted by Gasteiger charge is -2.25. The first kappa shape index (κ1) is 14.6. The van der Waals surface area contributed by atoms with E-state index in [1.165, 1.54) is 12.8 Å². The summed E-state index contributed by atoms with van der Waals surface area (Å²) in [4.78, 5) is 2.26. The van der Waals surface area contributed by atoms with Gasteiger partial charge in [-0.25, -0.2) is 0 Å². The topological polar surface area (TPSA) is 35.5 Å². The summed E-state index contributed by atoms with van der Waals surface area (Å²) in [7, 11) is 0. The van der Waals surface area contributed by atoms with Crippen molar-refractivity contribution in [2.24, 2.45) is 0 Å². The molecule has 0 amide bonds. The van der Waals surface area contributed by atoms with E-state index in [2.05, 4.69) is 36.2 Å². The Morgan fingerprint density at radius 2 is 2.21 bits per heavy atom. The Morgan fingerprint density at radius 3 is 2.74 bits per heavy atom. The monoisotopic (exact) mass is 282 g/mol.